The molecule has 2 rings (SSSR count). The van der Waals surface area contributed by atoms with Crippen molar-refractivity contribution in [2.75, 3.05) is 13.2 Å². The van der Waals surface area contributed by atoms with E-state index in [0.29, 0.717) is 23.2 Å². The smallest absolute Gasteiger partial charge is 0.335 e. The summed E-state index contributed by atoms with van der Waals surface area (Å²) < 4.78 is 5.63. The number of carboxylic acids is 1. The molecule has 0 aliphatic carbocycles. The molecule has 0 bridgehead atoms. The summed E-state index contributed by atoms with van der Waals surface area (Å²) >= 11 is 3.16. The van der Waals surface area contributed by atoms with Crippen LogP contribution in [0.25, 0.3) is 0 Å². The van der Waals surface area contributed by atoms with E-state index in [1.807, 2.05) is 0 Å². The second-order valence-electron chi connectivity index (χ2n) is 4.68. The molecule has 0 spiro atoms. The highest BCUT2D eigenvalue weighted by Crippen LogP contribution is 2.37. The number of phenolic OH excluding ortho intramolecular Hbond substituents is 1. The number of aromatic carboxylic acids is 1. The van der Waals surface area contributed by atoms with E-state index in [0.717, 1.165) is 12.8 Å². The van der Waals surface area contributed by atoms with Crippen LogP contribution in [0.5, 0.6) is 5.75 Å². The highest BCUT2D eigenvalue weighted by molar-refractivity contribution is 9.10. The molecule has 1 fully saturated rings. The van der Waals surface area contributed by atoms with Crippen molar-refractivity contribution >= 4 is 34.3 Å². The summed E-state index contributed by atoms with van der Waals surface area (Å²) in [6, 6.07) is 2.43. The monoisotopic (exact) mass is 365 g/mol. The van der Waals surface area contributed by atoms with Gasteiger partial charge in [-0.15, -0.1) is 12.4 Å². The van der Waals surface area contributed by atoms with E-state index >= 15 is 0 Å². The lowest BCUT2D eigenvalue weighted by Crippen LogP contribution is -2.27. The van der Waals surface area contributed by atoms with Crippen LogP contribution in [0.1, 0.15) is 34.8 Å². The third kappa shape index (κ3) is 3.63. The van der Waals surface area contributed by atoms with Gasteiger partial charge < -0.3 is 20.7 Å². The Labute approximate surface area is 131 Å². The Hall–Kier alpha value is -0.820. The fourth-order valence-corrected chi connectivity index (χ4v) is 2.80. The minimum absolute atomic E-state index is 0. The lowest BCUT2D eigenvalue weighted by molar-refractivity contribution is 0.0580. The van der Waals surface area contributed by atoms with Crippen LogP contribution in [-0.2, 0) is 4.74 Å². The van der Waals surface area contributed by atoms with E-state index in [4.69, 9.17) is 15.6 Å². The Morgan fingerprint density at radius 2 is 2.00 bits per heavy atom. The number of benzene rings is 1. The summed E-state index contributed by atoms with van der Waals surface area (Å²) in [7, 11) is 0. The van der Waals surface area contributed by atoms with Crippen molar-refractivity contribution in [1.29, 1.82) is 0 Å². The average molecular weight is 367 g/mol. The van der Waals surface area contributed by atoms with E-state index in [2.05, 4.69) is 15.9 Å². The molecule has 0 unspecified atom stereocenters. The van der Waals surface area contributed by atoms with Gasteiger partial charge in [0, 0.05) is 24.8 Å². The molecule has 1 aromatic carbocycles. The molecule has 1 aliphatic heterocycles. The van der Waals surface area contributed by atoms with Crippen molar-refractivity contribution < 1.29 is 19.7 Å². The number of carbonyl (C=O) groups is 1. The first kappa shape index (κ1) is 17.2. The Kier molecular flexibility index (Phi) is 6.26. The summed E-state index contributed by atoms with van der Waals surface area (Å²) in [5, 5.41) is 19.1. The first-order chi connectivity index (χ1) is 9.00. The minimum Gasteiger partial charge on any atom is -0.506 e. The number of rotatable bonds is 3. The van der Waals surface area contributed by atoms with Crippen molar-refractivity contribution in [2.24, 2.45) is 11.7 Å². The fraction of sp³-hybridized carbons (Fsp3) is 0.462. The predicted molar refractivity (Wildman–Crippen MR) is 80.5 cm³/mol. The Morgan fingerprint density at radius 3 is 2.55 bits per heavy atom. The molecule has 0 aromatic heterocycles. The van der Waals surface area contributed by atoms with Crippen LogP contribution >= 0.6 is 28.3 Å². The molecule has 0 amide bonds. The molecular weight excluding hydrogens is 350 g/mol. The van der Waals surface area contributed by atoms with Crippen LogP contribution in [0.15, 0.2) is 16.6 Å². The first-order valence-corrected chi connectivity index (χ1v) is 6.89. The van der Waals surface area contributed by atoms with Crippen LogP contribution in [0, 0.1) is 5.92 Å². The minimum atomic E-state index is -1.04. The normalized spacial score (nSPS) is 17.3. The summed E-state index contributed by atoms with van der Waals surface area (Å²) in [6.07, 6.45) is 1.63. The maximum Gasteiger partial charge on any atom is 0.335 e. The largest absolute Gasteiger partial charge is 0.506 e. The standard InChI is InChI=1S/C13H16BrNO4.ClH/c14-10-6-8(13(17)18)5-9(12(10)16)11(15)7-1-3-19-4-2-7;/h5-7,11,16H,1-4,15H2,(H,17,18);1H/t11-;/m0./s1. The van der Waals surface area contributed by atoms with Gasteiger partial charge in [-0.2, -0.15) is 0 Å². The molecule has 112 valence electrons. The summed E-state index contributed by atoms with van der Waals surface area (Å²) in [6.45, 7) is 1.30. The first-order valence-electron chi connectivity index (χ1n) is 6.09. The molecule has 4 N–H and O–H groups in total. The van der Waals surface area contributed by atoms with Crippen LogP contribution in [0.2, 0.25) is 0 Å². The zero-order chi connectivity index (χ0) is 14.0. The SMILES string of the molecule is Cl.N[C@H](c1cc(C(=O)O)cc(Br)c1O)C1CCOCC1. The number of ether oxygens (including phenoxy) is 1. The predicted octanol–water partition coefficient (Wildman–Crippen LogP) is 2.70. The van der Waals surface area contributed by atoms with Gasteiger partial charge in [-0.05, 0) is 46.8 Å². The number of nitrogens with two attached hydrogens (primary N) is 1. The quantitative estimate of drug-likeness (QED) is 0.765. The van der Waals surface area contributed by atoms with E-state index in [9.17, 15) is 9.90 Å². The average Bonchev–Trinajstić information content (AvgIpc) is 2.41. The topological polar surface area (TPSA) is 92.8 Å². The molecule has 1 atom stereocenters. The Morgan fingerprint density at radius 1 is 1.40 bits per heavy atom. The van der Waals surface area contributed by atoms with Crippen molar-refractivity contribution in [3.8, 4) is 5.75 Å². The van der Waals surface area contributed by atoms with Crippen molar-refractivity contribution in [2.45, 2.75) is 18.9 Å². The number of phenols is 1. The van der Waals surface area contributed by atoms with Gasteiger partial charge in [0.1, 0.15) is 5.75 Å². The van der Waals surface area contributed by atoms with E-state index in [1.54, 1.807) is 0 Å². The lowest BCUT2D eigenvalue weighted by atomic mass is 9.87. The lowest BCUT2D eigenvalue weighted by Gasteiger charge is -2.28. The molecule has 5 nitrogen and oxygen atoms in total. The summed E-state index contributed by atoms with van der Waals surface area (Å²) in [4.78, 5) is 11.1. The zero-order valence-electron chi connectivity index (χ0n) is 10.7. The highest BCUT2D eigenvalue weighted by atomic mass is 79.9. The van der Waals surface area contributed by atoms with Crippen molar-refractivity contribution in [3.05, 3.63) is 27.7 Å². The third-order valence-electron chi connectivity index (χ3n) is 3.47. The van der Waals surface area contributed by atoms with E-state index in [1.165, 1.54) is 12.1 Å². The molecule has 0 radical (unpaired) electrons. The number of carboxylic acid groups (broad SMARTS) is 1. The molecule has 20 heavy (non-hydrogen) atoms. The second kappa shape index (κ2) is 7.26. The maximum absolute atomic E-state index is 11.1. The number of halogens is 2. The Balaban J connectivity index is 0.00000200. The van der Waals surface area contributed by atoms with Gasteiger partial charge in [0.2, 0.25) is 0 Å². The van der Waals surface area contributed by atoms with Crippen molar-refractivity contribution in [1.82, 2.24) is 0 Å². The maximum atomic E-state index is 11.1. The van der Waals surface area contributed by atoms with Gasteiger partial charge in [-0.3, -0.25) is 0 Å². The van der Waals surface area contributed by atoms with Crippen LogP contribution in [0.4, 0.5) is 0 Å². The van der Waals surface area contributed by atoms with Crippen LogP contribution < -0.4 is 5.73 Å². The Bertz CT molecular complexity index is 492. The number of hydrogen-bond acceptors (Lipinski definition) is 4. The third-order valence-corrected chi connectivity index (χ3v) is 4.08. The van der Waals surface area contributed by atoms with Gasteiger partial charge in [0.25, 0.3) is 0 Å². The molecule has 7 heteroatoms. The van der Waals surface area contributed by atoms with Crippen molar-refractivity contribution in [3.63, 3.8) is 0 Å². The molecule has 1 saturated heterocycles. The van der Waals surface area contributed by atoms with Crippen LogP contribution in [0.3, 0.4) is 0 Å². The summed E-state index contributed by atoms with van der Waals surface area (Å²) in [5.41, 5.74) is 6.76. The van der Waals surface area contributed by atoms with Crippen LogP contribution in [-0.4, -0.2) is 29.4 Å². The highest BCUT2D eigenvalue weighted by Gasteiger charge is 2.26. The fourth-order valence-electron chi connectivity index (χ4n) is 2.33. The molecule has 1 aliphatic rings. The second-order valence-corrected chi connectivity index (χ2v) is 5.53. The molecule has 1 heterocycles. The number of hydrogen-bond donors (Lipinski definition) is 3. The molecule has 1 aromatic rings. The van der Waals surface area contributed by atoms with Gasteiger partial charge in [0.05, 0.1) is 10.0 Å². The summed E-state index contributed by atoms with van der Waals surface area (Å²) in [5.74, 6) is -0.833. The van der Waals surface area contributed by atoms with Gasteiger partial charge in [0.15, 0.2) is 0 Å². The zero-order valence-corrected chi connectivity index (χ0v) is 13.1. The van der Waals surface area contributed by atoms with Gasteiger partial charge in [-0.1, -0.05) is 0 Å². The van der Waals surface area contributed by atoms with Gasteiger partial charge >= 0.3 is 5.97 Å². The van der Waals surface area contributed by atoms with E-state index < -0.39 is 5.97 Å². The van der Waals surface area contributed by atoms with Gasteiger partial charge in [-0.25, -0.2) is 4.79 Å². The molecule has 0 saturated carbocycles. The molecular formula is C13H17BrClNO4. The van der Waals surface area contributed by atoms with E-state index in [-0.39, 0.29) is 35.7 Å². The number of aromatic hydroxyl groups is 1.